The molecule has 2 rings (SSSR count). The molecule has 0 spiro atoms. The Morgan fingerprint density at radius 2 is 2.21 bits per heavy atom. The van der Waals surface area contributed by atoms with E-state index in [0.29, 0.717) is 0 Å². The molecule has 0 saturated carbocycles. The minimum absolute atomic E-state index is 0.0472. The zero-order valence-corrected chi connectivity index (χ0v) is 6.87. The first kappa shape index (κ1) is 8.91. The third-order valence-corrected chi connectivity index (χ3v) is 2.00. The summed E-state index contributed by atoms with van der Waals surface area (Å²) in [5, 5.41) is 17.7. The van der Waals surface area contributed by atoms with E-state index >= 15 is 0 Å². The molecular formula is C9H5F2NO2. The van der Waals surface area contributed by atoms with Crippen LogP contribution in [0.25, 0.3) is 0 Å². The molecule has 3 nitrogen and oxygen atoms in total. The maximum absolute atomic E-state index is 12.8. The van der Waals surface area contributed by atoms with Crippen LogP contribution in [-0.2, 0) is 0 Å². The Kier molecular flexibility index (Phi) is 1.69. The number of nitrogens with zero attached hydrogens (tertiary/aromatic N) is 1. The average Bonchev–Trinajstić information content (AvgIpc) is 2.38. The number of benzene rings is 1. The van der Waals surface area contributed by atoms with Crippen LogP contribution < -0.4 is 4.74 Å². The molecule has 1 aliphatic heterocycles. The zero-order chi connectivity index (χ0) is 10.3. The van der Waals surface area contributed by atoms with Crippen LogP contribution in [0.15, 0.2) is 18.2 Å². The Balaban J connectivity index is 2.52. The van der Waals surface area contributed by atoms with Gasteiger partial charge in [-0.1, -0.05) is 0 Å². The predicted molar refractivity (Wildman–Crippen MR) is 41.7 cm³/mol. The molecule has 0 saturated heterocycles. The summed E-state index contributed by atoms with van der Waals surface area (Å²) in [6.07, 6.45) is -5.60. The number of aliphatic hydroxyl groups is 1. The van der Waals surface area contributed by atoms with E-state index < -0.39 is 12.2 Å². The highest BCUT2D eigenvalue weighted by Crippen LogP contribution is 2.45. The minimum atomic E-state index is -3.60. The molecule has 0 amide bonds. The van der Waals surface area contributed by atoms with Gasteiger partial charge in [-0.05, 0) is 18.2 Å². The second kappa shape index (κ2) is 2.66. The number of hydrogen-bond donors (Lipinski definition) is 1. The number of ether oxygens (including phenoxy) is 1. The van der Waals surface area contributed by atoms with Crippen molar-refractivity contribution < 1.29 is 18.6 Å². The Labute approximate surface area is 78.2 Å². The molecule has 1 N–H and O–H groups in total. The molecule has 14 heavy (non-hydrogen) atoms. The fraction of sp³-hybridized carbons (Fsp3) is 0.222. The number of halogens is 2. The standard InChI is InChI=1S/C9H5F2NO2/c10-9(11)8(13)6-3-5(4-12)1-2-7(6)14-9/h1-3,8,13H. The van der Waals surface area contributed by atoms with Crippen molar-refractivity contribution in [1.29, 1.82) is 5.26 Å². The SMILES string of the molecule is N#Cc1ccc2c(c1)C(O)C(F)(F)O2. The van der Waals surface area contributed by atoms with Crippen LogP contribution in [0.1, 0.15) is 17.2 Å². The summed E-state index contributed by atoms with van der Waals surface area (Å²) >= 11 is 0. The topological polar surface area (TPSA) is 53.2 Å². The van der Waals surface area contributed by atoms with Gasteiger partial charge in [0.1, 0.15) is 5.75 Å². The molecule has 1 unspecified atom stereocenters. The van der Waals surface area contributed by atoms with Crippen molar-refractivity contribution in [1.82, 2.24) is 0 Å². The zero-order valence-electron chi connectivity index (χ0n) is 6.87. The van der Waals surface area contributed by atoms with Gasteiger partial charge in [0, 0.05) is 5.56 Å². The van der Waals surface area contributed by atoms with Crippen molar-refractivity contribution in [3.8, 4) is 11.8 Å². The van der Waals surface area contributed by atoms with Crippen molar-refractivity contribution >= 4 is 0 Å². The van der Waals surface area contributed by atoms with Gasteiger partial charge in [0.15, 0.2) is 6.10 Å². The Bertz CT molecular complexity index is 425. The largest absolute Gasteiger partial charge is 0.430 e. The molecule has 1 atom stereocenters. The van der Waals surface area contributed by atoms with Crippen LogP contribution in [0, 0.1) is 11.3 Å². The summed E-state index contributed by atoms with van der Waals surface area (Å²) in [7, 11) is 0. The maximum Gasteiger partial charge on any atom is 0.429 e. The van der Waals surface area contributed by atoms with Gasteiger partial charge in [-0.25, -0.2) is 0 Å². The second-order valence-corrected chi connectivity index (χ2v) is 2.93. The lowest BCUT2D eigenvalue weighted by molar-refractivity contribution is -0.224. The number of aliphatic hydroxyl groups excluding tert-OH is 1. The number of rotatable bonds is 0. The Hall–Kier alpha value is -1.67. The van der Waals surface area contributed by atoms with Crippen LogP contribution in [0.5, 0.6) is 5.75 Å². The number of hydrogen-bond acceptors (Lipinski definition) is 3. The third kappa shape index (κ3) is 1.12. The lowest BCUT2D eigenvalue weighted by Crippen LogP contribution is -2.26. The fourth-order valence-corrected chi connectivity index (χ4v) is 1.31. The van der Waals surface area contributed by atoms with Crippen molar-refractivity contribution in [3.63, 3.8) is 0 Å². The lowest BCUT2D eigenvalue weighted by atomic mass is 10.1. The van der Waals surface area contributed by atoms with Crippen LogP contribution in [0.2, 0.25) is 0 Å². The van der Waals surface area contributed by atoms with Crippen LogP contribution in [0.4, 0.5) is 8.78 Å². The molecule has 1 heterocycles. The van der Waals surface area contributed by atoms with Crippen molar-refractivity contribution in [2.24, 2.45) is 0 Å². The Morgan fingerprint density at radius 3 is 2.86 bits per heavy atom. The van der Waals surface area contributed by atoms with E-state index in [1.54, 1.807) is 6.07 Å². The van der Waals surface area contributed by atoms with Gasteiger partial charge in [0.25, 0.3) is 0 Å². The lowest BCUT2D eigenvalue weighted by Gasteiger charge is -2.11. The maximum atomic E-state index is 12.8. The minimum Gasteiger partial charge on any atom is -0.430 e. The smallest absolute Gasteiger partial charge is 0.429 e. The summed E-state index contributed by atoms with van der Waals surface area (Å²) in [5.41, 5.74) is 0.165. The van der Waals surface area contributed by atoms with E-state index in [2.05, 4.69) is 4.74 Å². The molecular weight excluding hydrogens is 192 g/mol. The highest BCUT2D eigenvalue weighted by molar-refractivity contribution is 5.46. The first-order chi connectivity index (χ1) is 6.54. The van der Waals surface area contributed by atoms with Crippen LogP contribution in [-0.4, -0.2) is 11.2 Å². The molecule has 5 heteroatoms. The number of alkyl halides is 2. The van der Waals surface area contributed by atoms with Crippen molar-refractivity contribution in [3.05, 3.63) is 29.3 Å². The number of fused-ring (bicyclic) bond motifs is 1. The van der Waals surface area contributed by atoms with E-state index in [9.17, 15) is 8.78 Å². The normalized spacial score (nSPS) is 22.3. The molecule has 1 aromatic carbocycles. The van der Waals surface area contributed by atoms with Gasteiger partial charge >= 0.3 is 6.11 Å². The average molecular weight is 197 g/mol. The summed E-state index contributed by atoms with van der Waals surface area (Å²) in [4.78, 5) is 0. The van der Waals surface area contributed by atoms with Gasteiger partial charge in [0.2, 0.25) is 0 Å². The molecule has 0 aliphatic carbocycles. The van der Waals surface area contributed by atoms with Crippen molar-refractivity contribution in [2.45, 2.75) is 12.2 Å². The highest BCUT2D eigenvalue weighted by Gasteiger charge is 2.49. The molecule has 0 bridgehead atoms. The molecule has 0 fully saturated rings. The molecule has 0 aromatic heterocycles. The van der Waals surface area contributed by atoms with Crippen molar-refractivity contribution in [2.75, 3.05) is 0 Å². The summed E-state index contributed by atoms with van der Waals surface area (Å²) < 4.78 is 29.8. The molecule has 72 valence electrons. The molecule has 1 aliphatic rings. The summed E-state index contributed by atoms with van der Waals surface area (Å²) in [5.74, 6) is -0.0819. The Morgan fingerprint density at radius 1 is 1.50 bits per heavy atom. The number of nitriles is 1. The quantitative estimate of drug-likeness (QED) is 0.686. The van der Waals surface area contributed by atoms with E-state index in [1.165, 1.54) is 18.2 Å². The van der Waals surface area contributed by atoms with Crippen LogP contribution >= 0.6 is 0 Å². The first-order valence-corrected chi connectivity index (χ1v) is 3.83. The van der Waals surface area contributed by atoms with E-state index in [4.69, 9.17) is 10.4 Å². The van der Waals surface area contributed by atoms with E-state index in [1.807, 2.05) is 0 Å². The van der Waals surface area contributed by atoms with E-state index in [-0.39, 0.29) is 16.9 Å². The highest BCUT2D eigenvalue weighted by atomic mass is 19.3. The third-order valence-electron chi connectivity index (χ3n) is 2.00. The van der Waals surface area contributed by atoms with Gasteiger partial charge in [0.05, 0.1) is 11.6 Å². The first-order valence-electron chi connectivity index (χ1n) is 3.83. The summed E-state index contributed by atoms with van der Waals surface area (Å²) in [6, 6.07) is 5.59. The van der Waals surface area contributed by atoms with E-state index in [0.717, 1.165) is 0 Å². The van der Waals surface area contributed by atoms with Gasteiger partial charge in [-0.3, -0.25) is 0 Å². The second-order valence-electron chi connectivity index (χ2n) is 2.93. The molecule has 1 aromatic rings. The van der Waals surface area contributed by atoms with Gasteiger partial charge in [-0.2, -0.15) is 14.0 Å². The molecule has 0 radical (unpaired) electrons. The predicted octanol–water partition coefficient (Wildman–Crippen LogP) is 1.58. The van der Waals surface area contributed by atoms with Gasteiger partial charge < -0.3 is 9.84 Å². The monoisotopic (exact) mass is 197 g/mol. The summed E-state index contributed by atoms with van der Waals surface area (Å²) in [6.45, 7) is 0. The fourth-order valence-electron chi connectivity index (χ4n) is 1.31. The van der Waals surface area contributed by atoms with Crippen LogP contribution in [0.3, 0.4) is 0 Å². The van der Waals surface area contributed by atoms with Gasteiger partial charge in [-0.15, -0.1) is 0 Å².